The molecule has 0 aliphatic heterocycles. The fourth-order valence-corrected chi connectivity index (χ4v) is 3.44. The topological polar surface area (TPSA) is 110 Å². The maximum absolute atomic E-state index is 12.5. The van der Waals surface area contributed by atoms with Crippen molar-refractivity contribution in [3.63, 3.8) is 0 Å². The molecule has 0 aliphatic rings. The number of para-hydroxylation sites is 1. The quantitative estimate of drug-likeness (QED) is 0.322. The summed E-state index contributed by atoms with van der Waals surface area (Å²) >= 11 is 1.50. The number of anilines is 2. The van der Waals surface area contributed by atoms with Crippen molar-refractivity contribution in [2.45, 2.75) is 6.54 Å². The van der Waals surface area contributed by atoms with Crippen molar-refractivity contribution in [2.75, 3.05) is 5.32 Å². The van der Waals surface area contributed by atoms with Gasteiger partial charge in [-0.1, -0.05) is 24.3 Å². The minimum absolute atomic E-state index is 0.144. The largest absolute Gasteiger partial charge is 0.443 e. The van der Waals surface area contributed by atoms with Crippen LogP contribution in [-0.2, 0) is 6.54 Å². The second-order valence-corrected chi connectivity index (χ2v) is 7.23. The zero-order valence-electron chi connectivity index (χ0n) is 15.6. The van der Waals surface area contributed by atoms with Crippen LogP contribution in [0.5, 0.6) is 0 Å². The Hall–Kier alpha value is -3.98. The van der Waals surface area contributed by atoms with Crippen LogP contribution in [0.15, 0.2) is 76.7 Å². The van der Waals surface area contributed by atoms with E-state index >= 15 is 0 Å². The number of amides is 1. The molecule has 0 atom stereocenters. The minimum atomic E-state index is -0.521. The predicted octanol–water partition coefficient (Wildman–Crippen LogP) is 4.98. The molecule has 0 spiro atoms. The molecule has 4 aromatic rings. The molecule has 8 nitrogen and oxygen atoms in total. The van der Waals surface area contributed by atoms with Crippen molar-refractivity contribution in [1.29, 1.82) is 0 Å². The number of carbonyl (C=O) groups excluding carboxylic acids is 1. The van der Waals surface area contributed by atoms with E-state index in [4.69, 9.17) is 4.42 Å². The fraction of sp³-hybridized carbons (Fsp3) is 0.0476. The van der Waals surface area contributed by atoms with Crippen LogP contribution in [0, 0.1) is 10.1 Å². The van der Waals surface area contributed by atoms with Gasteiger partial charge in [-0.15, -0.1) is 11.3 Å². The Labute approximate surface area is 175 Å². The molecule has 0 aliphatic carbocycles. The average molecular weight is 420 g/mol. The zero-order chi connectivity index (χ0) is 20.9. The van der Waals surface area contributed by atoms with Gasteiger partial charge in [0.2, 0.25) is 5.89 Å². The van der Waals surface area contributed by atoms with Crippen molar-refractivity contribution >= 4 is 34.3 Å². The molecule has 2 heterocycles. The lowest BCUT2D eigenvalue weighted by Crippen LogP contribution is -2.23. The molecule has 2 N–H and O–H groups in total. The summed E-state index contributed by atoms with van der Waals surface area (Å²) in [4.78, 5) is 28.7. The number of aromatic nitrogens is 1. The van der Waals surface area contributed by atoms with Crippen LogP contribution in [0.1, 0.15) is 16.1 Å². The van der Waals surface area contributed by atoms with E-state index in [9.17, 15) is 14.9 Å². The summed E-state index contributed by atoms with van der Waals surface area (Å²) in [6.45, 7) is 0.144. The highest BCUT2D eigenvalue weighted by Crippen LogP contribution is 2.29. The number of nitro benzene ring substituents is 1. The maximum Gasteiger partial charge on any atom is 0.293 e. The summed E-state index contributed by atoms with van der Waals surface area (Å²) in [7, 11) is 0. The zero-order valence-corrected chi connectivity index (χ0v) is 16.4. The normalized spacial score (nSPS) is 10.5. The van der Waals surface area contributed by atoms with Gasteiger partial charge in [-0.3, -0.25) is 14.9 Å². The Kier molecular flexibility index (Phi) is 5.53. The van der Waals surface area contributed by atoms with Crippen molar-refractivity contribution in [1.82, 2.24) is 10.3 Å². The molecule has 0 bridgehead atoms. The standard InChI is InChI=1S/C21H16N4O4S/c26-20(22-12-16-13-29-21(24-16)19-7-4-10-30-19)14-8-9-17(18(11-14)25(27)28)23-15-5-2-1-3-6-15/h1-11,13,23H,12H2,(H,22,26). The lowest BCUT2D eigenvalue weighted by molar-refractivity contribution is -0.383. The Morgan fingerprint density at radius 2 is 1.97 bits per heavy atom. The third kappa shape index (κ3) is 4.36. The van der Waals surface area contributed by atoms with E-state index in [1.165, 1.54) is 35.8 Å². The molecule has 0 radical (unpaired) electrons. The van der Waals surface area contributed by atoms with Gasteiger partial charge in [-0.2, -0.15) is 0 Å². The lowest BCUT2D eigenvalue weighted by Gasteiger charge is -2.09. The summed E-state index contributed by atoms with van der Waals surface area (Å²) in [6, 6.07) is 17.2. The van der Waals surface area contributed by atoms with Crippen molar-refractivity contribution in [3.05, 3.63) is 93.7 Å². The van der Waals surface area contributed by atoms with Gasteiger partial charge in [0.15, 0.2) is 0 Å². The number of rotatable bonds is 7. The molecule has 0 saturated carbocycles. The van der Waals surface area contributed by atoms with Gasteiger partial charge in [-0.05, 0) is 35.7 Å². The van der Waals surface area contributed by atoms with Gasteiger partial charge in [-0.25, -0.2) is 4.98 Å². The van der Waals surface area contributed by atoms with Crippen molar-refractivity contribution in [3.8, 4) is 10.8 Å². The number of carbonyl (C=O) groups is 1. The van der Waals surface area contributed by atoms with Gasteiger partial charge < -0.3 is 15.1 Å². The molecule has 0 saturated heterocycles. The molecule has 150 valence electrons. The van der Waals surface area contributed by atoms with Crippen molar-refractivity contribution < 1.29 is 14.1 Å². The minimum Gasteiger partial charge on any atom is -0.443 e. The van der Waals surface area contributed by atoms with Gasteiger partial charge >= 0.3 is 0 Å². The van der Waals surface area contributed by atoms with Gasteiger partial charge in [0.25, 0.3) is 11.6 Å². The summed E-state index contributed by atoms with van der Waals surface area (Å²) in [6.07, 6.45) is 1.48. The monoisotopic (exact) mass is 420 g/mol. The van der Waals surface area contributed by atoms with E-state index in [0.29, 0.717) is 23.0 Å². The summed E-state index contributed by atoms with van der Waals surface area (Å²) < 4.78 is 5.42. The second-order valence-electron chi connectivity index (χ2n) is 6.28. The first-order valence-electron chi connectivity index (χ1n) is 8.97. The molecule has 1 amide bonds. The third-order valence-corrected chi connectivity index (χ3v) is 5.08. The molecule has 0 unspecified atom stereocenters. The number of nitrogens with one attached hydrogen (secondary N) is 2. The van der Waals surface area contributed by atoms with Crippen LogP contribution < -0.4 is 10.6 Å². The smallest absolute Gasteiger partial charge is 0.293 e. The van der Waals surface area contributed by atoms with Crippen LogP contribution in [-0.4, -0.2) is 15.8 Å². The van der Waals surface area contributed by atoms with E-state index in [2.05, 4.69) is 15.6 Å². The molecule has 2 aromatic carbocycles. The Morgan fingerprint density at radius 1 is 1.13 bits per heavy atom. The van der Waals surface area contributed by atoms with E-state index < -0.39 is 10.8 Å². The second kappa shape index (κ2) is 8.58. The Morgan fingerprint density at radius 3 is 2.70 bits per heavy atom. The molecule has 2 aromatic heterocycles. The molecule has 30 heavy (non-hydrogen) atoms. The fourth-order valence-electron chi connectivity index (χ4n) is 2.78. The van der Waals surface area contributed by atoms with Gasteiger partial charge in [0, 0.05) is 17.3 Å². The highest BCUT2D eigenvalue weighted by Gasteiger charge is 2.18. The van der Waals surface area contributed by atoms with Crippen LogP contribution in [0.25, 0.3) is 10.8 Å². The Bertz CT molecular complexity index is 1170. The van der Waals surface area contributed by atoms with Crippen LogP contribution >= 0.6 is 11.3 Å². The average Bonchev–Trinajstić information content (AvgIpc) is 3.45. The predicted molar refractivity (Wildman–Crippen MR) is 114 cm³/mol. The Balaban J connectivity index is 1.46. The first-order valence-corrected chi connectivity index (χ1v) is 9.85. The maximum atomic E-state index is 12.5. The molecule has 9 heteroatoms. The SMILES string of the molecule is O=C(NCc1coc(-c2cccs2)n1)c1ccc(Nc2ccccc2)c([N+](=O)[O-])c1. The number of nitro groups is 1. The highest BCUT2D eigenvalue weighted by atomic mass is 32.1. The van der Waals surface area contributed by atoms with Crippen molar-refractivity contribution in [2.24, 2.45) is 0 Å². The number of oxazole rings is 1. The van der Waals surface area contributed by atoms with E-state index in [-0.39, 0.29) is 17.8 Å². The summed E-state index contributed by atoms with van der Waals surface area (Å²) in [5.74, 6) is 0.0475. The van der Waals surface area contributed by atoms with E-state index in [1.54, 1.807) is 12.1 Å². The summed E-state index contributed by atoms with van der Waals surface area (Å²) in [5.41, 5.74) is 1.57. The van der Waals surface area contributed by atoms with Crippen LogP contribution in [0.2, 0.25) is 0 Å². The number of benzene rings is 2. The van der Waals surface area contributed by atoms with E-state index in [1.807, 2.05) is 35.7 Å². The third-order valence-electron chi connectivity index (χ3n) is 4.22. The van der Waals surface area contributed by atoms with Gasteiger partial charge in [0.05, 0.1) is 22.0 Å². The molecule has 0 fully saturated rings. The number of hydrogen-bond acceptors (Lipinski definition) is 7. The molecule has 4 rings (SSSR count). The van der Waals surface area contributed by atoms with E-state index in [0.717, 1.165) is 4.88 Å². The lowest BCUT2D eigenvalue weighted by atomic mass is 10.1. The number of thiophene rings is 1. The first-order chi connectivity index (χ1) is 14.6. The van der Waals surface area contributed by atoms with Crippen LogP contribution in [0.4, 0.5) is 17.1 Å². The van der Waals surface area contributed by atoms with Crippen LogP contribution in [0.3, 0.4) is 0 Å². The molecular weight excluding hydrogens is 404 g/mol. The van der Waals surface area contributed by atoms with Gasteiger partial charge in [0.1, 0.15) is 12.0 Å². The number of hydrogen-bond donors (Lipinski definition) is 2. The summed E-state index contributed by atoms with van der Waals surface area (Å²) in [5, 5.41) is 19.1. The first kappa shape index (κ1) is 19.3. The number of nitrogens with zero attached hydrogens (tertiary/aromatic N) is 2. The molecular formula is C21H16N4O4S. The highest BCUT2D eigenvalue weighted by molar-refractivity contribution is 7.13.